The van der Waals surface area contributed by atoms with Crippen LogP contribution in [0, 0.1) is 17.7 Å². The Kier molecular flexibility index (Phi) is 4.40. The fraction of sp³-hybridized carbons (Fsp3) is 0.250. The molecule has 5 nitrogen and oxygen atoms in total. The highest BCUT2D eigenvalue weighted by Crippen LogP contribution is 2.32. The first-order valence-corrected chi connectivity index (χ1v) is 8.09. The van der Waals surface area contributed by atoms with E-state index in [-0.39, 0.29) is 34.1 Å². The van der Waals surface area contributed by atoms with Crippen LogP contribution in [-0.2, 0) is 6.42 Å². The zero-order valence-corrected chi connectivity index (χ0v) is 14.0. The summed E-state index contributed by atoms with van der Waals surface area (Å²) in [6.07, 6.45) is 1.63. The molecule has 1 aliphatic carbocycles. The zero-order valence-electron chi connectivity index (χ0n) is 14.0. The van der Waals surface area contributed by atoms with Gasteiger partial charge < -0.3 is 0 Å². The molecular weight excluding hydrogens is 318 g/mol. The smallest absolute Gasteiger partial charge is 0.194 e. The minimum absolute atomic E-state index is 0.122. The van der Waals surface area contributed by atoms with Crippen molar-refractivity contribution in [3.8, 4) is 0 Å². The number of hydrogen-bond acceptors (Lipinski definition) is 5. The first-order valence-electron chi connectivity index (χ1n) is 8.09. The molecule has 0 radical (unpaired) electrons. The molecule has 5 heteroatoms. The van der Waals surface area contributed by atoms with Crippen LogP contribution in [0.4, 0.5) is 5.69 Å². The number of aldehydes is 1. The van der Waals surface area contributed by atoms with Crippen molar-refractivity contribution < 1.29 is 14.4 Å². The van der Waals surface area contributed by atoms with E-state index in [1.165, 1.54) is 6.07 Å². The summed E-state index contributed by atoms with van der Waals surface area (Å²) in [5.74, 6) is -0.345. The van der Waals surface area contributed by atoms with Crippen LogP contribution in [0.3, 0.4) is 0 Å². The number of rotatable bonds is 4. The Bertz CT molecular complexity index is 914. The summed E-state index contributed by atoms with van der Waals surface area (Å²) in [7, 11) is 0. The molecule has 0 bridgehead atoms. The molecule has 1 unspecified atom stereocenters. The number of ketones is 2. The molecule has 1 aliphatic rings. The average molecular weight is 335 g/mol. The molecule has 0 heterocycles. The summed E-state index contributed by atoms with van der Waals surface area (Å²) in [6.45, 7) is 3.61. The lowest BCUT2D eigenvalue weighted by molar-refractivity contribution is 0.0940. The number of nitrogens with zero attached hydrogens (tertiary/aromatic N) is 1. The maximum Gasteiger partial charge on any atom is 0.194 e. The normalized spacial score (nSPS) is 16.2. The van der Waals surface area contributed by atoms with E-state index in [4.69, 9.17) is 0 Å². The monoisotopic (exact) mass is 335 g/mol. The van der Waals surface area contributed by atoms with Gasteiger partial charge in [-0.05, 0) is 41.6 Å². The molecule has 0 spiro atoms. The lowest BCUT2D eigenvalue weighted by atomic mass is 9.78. The van der Waals surface area contributed by atoms with Crippen LogP contribution in [-0.4, -0.2) is 17.9 Å². The van der Waals surface area contributed by atoms with Crippen LogP contribution in [0.5, 0.6) is 0 Å². The topological polar surface area (TPSA) is 80.6 Å². The minimum atomic E-state index is -0.426. The molecule has 3 rings (SSSR count). The molecule has 25 heavy (non-hydrogen) atoms. The Morgan fingerprint density at radius 2 is 1.96 bits per heavy atom. The van der Waals surface area contributed by atoms with Crippen molar-refractivity contribution in [2.24, 2.45) is 11.1 Å². The number of fused-ring (bicyclic) bond motifs is 1. The lowest BCUT2D eigenvalue weighted by Crippen LogP contribution is -2.23. The molecule has 0 saturated heterocycles. The van der Waals surface area contributed by atoms with E-state index in [9.17, 15) is 19.3 Å². The van der Waals surface area contributed by atoms with Crippen molar-refractivity contribution in [3.05, 3.63) is 68.6 Å². The van der Waals surface area contributed by atoms with Gasteiger partial charge in [-0.1, -0.05) is 31.2 Å². The summed E-state index contributed by atoms with van der Waals surface area (Å²) < 4.78 is 0. The molecule has 0 saturated carbocycles. The Hall–Kier alpha value is -2.95. The van der Waals surface area contributed by atoms with E-state index in [0.717, 1.165) is 5.56 Å². The molecule has 0 aliphatic heterocycles. The Morgan fingerprint density at radius 1 is 1.20 bits per heavy atom. The number of carbonyl (C=O) groups excluding carboxylic acids is 3. The maximum atomic E-state index is 13.2. The highest BCUT2D eigenvalue weighted by Gasteiger charge is 2.30. The van der Waals surface area contributed by atoms with Crippen LogP contribution < -0.4 is 0 Å². The van der Waals surface area contributed by atoms with Gasteiger partial charge >= 0.3 is 0 Å². The van der Waals surface area contributed by atoms with Crippen LogP contribution in [0.25, 0.3) is 0 Å². The van der Waals surface area contributed by atoms with Crippen molar-refractivity contribution in [1.82, 2.24) is 0 Å². The van der Waals surface area contributed by atoms with Gasteiger partial charge in [0.1, 0.15) is 5.69 Å². The Labute approximate surface area is 145 Å². The number of benzene rings is 2. The van der Waals surface area contributed by atoms with Gasteiger partial charge in [-0.15, -0.1) is 4.91 Å². The molecule has 2 aromatic carbocycles. The quantitative estimate of drug-likeness (QED) is 0.476. The van der Waals surface area contributed by atoms with Crippen molar-refractivity contribution in [3.63, 3.8) is 0 Å². The van der Waals surface area contributed by atoms with Gasteiger partial charge in [0, 0.05) is 28.7 Å². The molecule has 0 fully saturated rings. The summed E-state index contributed by atoms with van der Waals surface area (Å²) in [5, 5.41) is 2.92. The third-order valence-electron chi connectivity index (χ3n) is 4.71. The largest absolute Gasteiger partial charge is 0.298 e. The van der Waals surface area contributed by atoms with Gasteiger partial charge in [-0.3, -0.25) is 14.4 Å². The number of Topliss-reactive ketones (excluding diaryl/α,β-unsaturated/α-hetero) is 1. The van der Waals surface area contributed by atoms with Crippen LogP contribution >= 0.6 is 0 Å². The second-order valence-electron chi connectivity index (χ2n) is 6.49. The van der Waals surface area contributed by atoms with Crippen LogP contribution in [0.15, 0.2) is 35.5 Å². The Morgan fingerprint density at radius 3 is 2.64 bits per heavy atom. The van der Waals surface area contributed by atoms with Gasteiger partial charge in [0.25, 0.3) is 0 Å². The maximum absolute atomic E-state index is 13.2. The highest BCUT2D eigenvalue weighted by atomic mass is 16.3. The predicted octanol–water partition coefficient (Wildman–Crippen LogP) is 4.20. The number of carbonyl (C=O) groups is 3. The van der Waals surface area contributed by atoms with Gasteiger partial charge in [-0.25, -0.2) is 0 Å². The second kappa shape index (κ2) is 6.51. The average Bonchev–Trinajstić information content (AvgIpc) is 2.60. The van der Waals surface area contributed by atoms with E-state index in [1.807, 2.05) is 6.92 Å². The first-order chi connectivity index (χ1) is 12.0. The molecule has 0 N–H and O–H groups in total. The third-order valence-corrected chi connectivity index (χ3v) is 4.71. The zero-order chi connectivity index (χ0) is 18.1. The van der Waals surface area contributed by atoms with Crippen molar-refractivity contribution in [2.45, 2.75) is 26.7 Å². The standard InChI is InChI=1S/C20H17NO4/c1-11-8-13-6-7-14(10-22)19(18(13)17(23)9-11)20(24)15-4-3-5-16(21-25)12(15)2/h3-7,10-11H,8-9H2,1-2H3. The van der Waals surface area contributed by atoms with E-state index in [1.54, 1.807) is 31.2 Å². The summed E-state index contributed by atoms with van der Waals surface area (Å²) in [6, 6.07) is 8.00. The predicted molar refractivity (Wildman–Crippen MR) is 93.7 cm³/mol. The van der Waals surface area contributed by atoms with E-state index >= 15 is 0 Å². The molecule has 126 valence electrons. The van der Waals surface area contributed by atoms with Crippen molar-refractivity contribution in [2.75, 3.05) is 0 Å². The summed E-state index contributed by atoms with van der Waals surface area (Å²) >= 11 is 0. The summed E-state index contributed by atoms with van der Waals surface area (Å²) in [4.78, 5) is 48.2. The van der Waals surface area contributed by atoms with Gasteiger partial charge in [0.05, 0.1) is 0 Å². The van der Waals surface area contributed by atoms with Gasteiger partial charge in [0.15, 0.2) is 17.9 Å². The van der Waals surface area contributed by atoms with Crippen molar-refractivity contribution >= 4 is 23.5 Å². The molecular formula is C20H17NO4. The van der Waals surface area contributed by atoms with Crippen molar-refractivity contribution in [1.29, 1.82) is 0 Å². The van der Waals surface area contributed by atoms with Crippen LogP contribution in [0.1, 0.15) is 61.1 Å². The fourth-order valence-corrected chi connectivity index (χ4v) is 3.46. The Balaban J connectivity index is 2.25. The van der Waals surface area contributed by atoms with E-state index < -0.39 is 5.78 Å². The third kappa shape index (κ3) is 2.82. The second-order valence-corrected chi connectivity index (χ2v) is 6.49. The highest BCUT2D eigenvalue weighted by molar-refractivity contribution is 6.20. The SMILES string of the molecule is Cc1c(N=O)cccc1C(=O)c1c(C=O)ccc2c1C(=O)CC(C)C2. The van der Waals surface area contributed by atoms with Gasteiger partial charge in [-0.2, -0.15) is 0 Å². The molecule has 2 aromatic rings. The number of nitroso groups, excluding NO2 is 1. The first kappa shape index (κ1) is 16.9. The minimum Gasteiger partial charge on any atom is -0.298 e. The molecule has 0 amide bonds. The van der Waals surface area contributed by atoms with Gasteiger partial charge in [0.2, 0.25) is 0 Å². The number of hydrogen-bond donors (Lipinski definition) is 0. The molecule has 1 atom stereocenters. The van der Waals surface area contributed by atoms with E-state index in [0.29, 0.717) is 30.3 Å². The van der Waals surface area contributed by atoms with E-state index in [2.05, 4.69) is 5.18 Å². The van der Waals surface area contributed by atoms with Crippen LogP contribution in [0.2, 0.25) is 0 Å². The lowest BCUT2D eigenvalue weighted by Gasteiger charge is -2.23. The fourth-order valence-electron chi connectivity index (χ4n) is 3.46. The molecule has 0 aromatic heterocycles. The summed E-state index contributed by atoms with van der Waals surface area (Å²) in [5.41, 5.74) is 2.35.